The molecule has 0 aliphatic carbocycles. The van der Waals surface area contributed by atoms with E-state index in [4.69, 9.17) is 35.5 Å². The zero-order valence-electron chi connectivity index (χ0n) is 44.5. The zero-order chi connectivity index (χ0) is 52.7. The molecule has 5 amide bonds. The molecule has 0 radical (unpaired) electrons. The molecule has 0 aliphatic rings. The van der Waals surface area contributed by atoms with E-state index in [0.717, 1.165) is 62.4 Å². The summed E-state index contributed by atoms with van der Waals surface area (Å²) in [6, 6.07) is 0.120. The summed E-state index contributed by atoms with van der Waals surface area (Å²) >= 11 is 0. The number of nitrogens with two attached hydrogens (primary N) is 2. The van der Waals surface area contributed by atoms with Crippen molar-refractivity contribution in [3.05, 3.63) is 0 Å². The minimum atomic E-state index is -0.701. The fraction of sp³-hybridized carbons (Fsp3) is 0.857. The molecule has 68 heavy (non-hydrogen) atoms. The zero-order valence-corrected chi connectivity index (χ0v) is 44.5. The standard InChI is InChI=1S/C23H44N4O8.C12H25NO.C7H15NO2.C5H11NO.C2H6/c1-19(2)27-21(20(3)29)6-4-5-7-25-22(30)16-34-15-13-33-11-9-26-23(31)17-35-14-12-32-10-8-24-18-28;1-2-3-4-5-6-7-8-9-10-11-12(13)14;1-8(2,3)6-4-5-7(9)10;1-2-3-4-5(6)7;1-2/h18-19,21,27H,4-17H2,1-3H3,(H,24,28)(H,25,30)(H,26,31);2-11H2,1H3,(H2,13,14);4-6H2,1-3H3;2-4H2,1H3,(H2,6,7);1-2H3/p+1. The van der Waals surface area contributed by atoms with Gasteiger partial charge in [0.2, 0.25) is 30.0 Å². The molecule has 19 heteroatoms. The first-order chi connectivity index (χ1) is 32.3. The van der Waals surface area contributed by atoms with E-state index in [1.807, 2.05) is 34.6 Å². The molecule has 0 spiro atoms. The number of aliphatic carboxylic acids is 1. The number of carboxylic acids is 1. The topological polar surface area (TPSA) is 277 Å². The van der Waals surface area contributed by atoms with Gasteiger partial charge in [0.1, 0.15) is 19.0 Å². The van der Waals surface area contributed by atoms with Crippen molar-refractivity contribution in [3.8, 4) is 0 Å². The van der Waals surface area contributed by atoms with E-state index in [-0.39, 0.29) is 74.3 Å². The first kappa shape index (κ1) is 73.2. The summed E-state index contributed by atoms with van der Waals surface area (Å²) < 4.78 is 21.8. The van der Waals surface area contributed by atoms with E-state index in [1.54, 1.807) is 6.92 Å². The number of primary amides is 2. The Morgan fingerprint density at radius 3 is 1.47 bits per heavy atom. The summed E-state index contributed by atoms with van der Waals surface area (Å²) in [6.45, 7) is 17.9. The molecule has 0 heterocycles. The molecule has 404 valence electrons. The van der Waals surface area contributed by atoms with Gasteiger partial charge in [-0.2, -0.15) is 0 Å². The van der Waals surface area contributed by atoms with Gasteiger partial charge in [-0.3, -0.25) is 33.6 Å². The molecule has 0 saturated carbocycles. The number of carboxylic acid groups (broad SMARTS) is 1. The molecule has 0 saturated heterocycles. The van der Waals surface area contributed by atoms with E-state index >= 15 is 0 Å². The van der Waals surface area contributed by atoms with Crippen LogP contribution in [-0.2, 0) is 52.5 Å². The van der Waals surface area contributed by atoms with Gasteiger partial charge in [-0.1, -0.05) is 99.3 Å². The van der Waals surface area contributed by atoms with Crippen LogP contribution in [0, 0.1) is 0 Å². The van der Waals surface area contributed by atoms with Crippen molar-refractivity contribution < 1.29 is 62.1 Å². The second kappa shape index (κ2) is 57.6. The van der Waals surface area contributed by atoms with Crippen molar-refractivity contribution >= 4 is 41.8 Å². The number of amides is 5. The van der Waals surface area contributed by atoms with Gasteiger partial charge in [-0.05, 0) is 39.0 Å². The number of ether oxygens (including phenoxy) is 4. The maximum atomic E-state index is 11.8. The lowest BCUT2D eigenvalue weighted by Crippen LogP contribution is -2.39. The maximum Gasteiger partial charge on any atom is 0.303 e. The van der Waals surface area contributed by atoms with E-state index in [1.165, 1.54) is 44.9 Å². The molecule has 9 N–H and O–H groups in total. The summed E-state index contributed by atoms with van der Waals surface area (Å²) in [6.07, 6.45) is 18.7. The highest BCUT2D eigenvalue weighted by Crippen LogP contribution is 2.10. The van der Waals surface area contributed by atoms with Crippen LogP contribution >= 0.6 is 0 Å². The largest absolute Gasteiger partial charge is 0.481 e. The Balaban J connectivity index is -0.000000323. The van der Waals surface area contributed by atoms with Crippen LogP contribution in [0.1, 0.15) is 164 Å². The number of hydrogen-bond acceptors (Lipinski definition) is 12. The van der Waals surface area contributed by atoms with E-state index in [0.29, 0.717) is 65.3 Å². The van der Waals surface area contributed by atoms with Gasteiger partial charge in [0, 0.05) is 44.9 Å². The number of nitrogens with one attached hydrogen (secondary N) is 4. The number of Topliss-reactive ketones (excluding diaryl/α,β-unsaturated/α-hetero) is 1. The molecular weight excluding hydrogens is 879 g/mol. The Morgan fingerprint density at radius 1 is 0.588 bits per heavy atom. The van der Waals surface area contributed by atoms with Gasteiger partial charge in [-0.25, -0.2) is 0 Å². The lowest BCUT2D eigenvalue weighted by atomic mass is 10.1. The molecule has 0 rings (SSSR count). The van der Waals surface area contributed by atoms with Crippen molar-refractivity contribution in [3.63, 3.8) is 0 Å². The average molecular weight is 981 g/mol. The number of ketones is 1. The molecule has 0 aliphatic heterocycles. The van der Waals surface area contributed by atoms with Crippen LogP contribution in [0.25, 0.3) is 0 Å². The third kappa shape index (κ3) is 76.5. The second-order valence-electron chi connectivity index (χ2n) is 17.2. The number of hydrogen-bond donors (Lipinski definition) is 7. The highest BCUT2D eigenvalue weighted by atomic mass is 16.5. The highest BCUT2D eigenvalue weighted by Gasteiger charge is 2.14. The van der Waals surface area contributed by atoms with Crippen LogP contribution in [-0.4, -0.2) is 164 Å². The highest BCUT2D eigenvalue weighted by molar-refractivity contribution is 5.81. The van der Waals surface area contributed by atoms with Gasteiger partial charge in [0.15, 0.2) is 0 Å². The number of nitrogens with zero attached hydrogens (tertiary/aromatic N) is 1. The molecule has 0 bridgehead atoms. The number of rotatable bonds is 42. The van der Waals surface area contributed by atoms with Crippen LogP contribution in [0.5, 0.6) is 0 Å². The summed E-state index contributed by atoms with van der Waals surface area (Å²) in [5.41, 5.74) is 9.89. The van der Waals surface area contributed by atoms with Crippen LogP contribution in [0.3, 0.4) is 0 Å². The van der Waals surface area contributed by atoms with Crippen LogP contribution in [0.2, 0.25) is 0 Å². The second-order valence-corrected chi connectivity index (χ2v) is 17.2. The Labute approximate surface area is 412 Å². The van der Waals surface area contributed by atoms with E-state index in [2.05, 4.69) is 49.3 Å². The van der Waals surface area contributed by atoms with Gasteiger partial charge >= 0.3 is 5.97 Å². The normalized spacial score (nSPS) is 10.9. The Bertz CT molecular complexity index is 1190. The molecule has 0 aromatic carbocycles. The average Bonchev–Trinajstić information content (AvgIpc) is 3.26. The molecule has 1 unspecified atom stereocenters. The summed E-state index contributed by atoms with van der Waals surface area (Å²) in [5.74, 6) is -1.36. The third-order valence-corrected chi connectivity index (χ3v) is 9.04. The SMILES string of the molecule is CC.CC(=O)C(CCCCNC(=O)COCCOCCNC(=O)COCCOCCNC=O)NC(C)C.CCCCC(N)=O.CCCCCCCCCCCC(N)=O.C[N+](C)(C)CCCC(=O)O. The van der Waals surface area contributed by atoms with Crippen molar-refractivity contribution in [1.29, 1.82) is 0 Å². The Morgan fingerprint density at radius 2 is 1.04 bits per heavy atom. The van der Waals surface area contributed by atoms with E-state index in [9.17, 15) is 33.6 Å². The number of unbranched alkanes of at least 4 members (excludes halogenated alkanes) is 10. The number of carbonyl (C=O) groups excluding carboxylic acids is 6. The Kier molecular flexibility index (Phi) is 62.0. The lowest BCUT2D eigenvalue weighted by molar-refractivity contribution is -0.870. The monoisotopic (exact) mass is 981 g/mol. The third-order valence-electron chi connectivity index (χ3n) is 9.04. The number of carbonyl (C=O) groups is 7. The molecule has 0 aromatic heterocycles. The summed E-state index contributed by atoms with van der Waals surface area (Å²) in [5, 5.41) is 19.5. The Hall–Kier alpha value is -3.75. The quantitative estimate of drug-likeness (QED) is 0.0247. The van der Waals surface area contributed by atoms with Gasteiger partial charge in [-0.15, -0.1) is 0 Å². The predicted molar refractivity (Wildman–Crippen MR) is 271 cm³/mol. The van der Waals surface area contributed by atoms with Crippen molar-refractivity contribution in [2.75, 3.05) is 100 Å². The van der Waals surface area contributed by atoms with Crippen molar-refractivity contribution in [1.82, 2.24) is 21.3 Å². The maximum absolute atomic E-state index is 11.8. The lowest BCUT2D eigenvalue weighted by Gasteiger charge is -2.23. The minimum absolute atomic E-state index is 0.0419. The van der Waals surface area contributed by atoms with Crippen LogP contribution in [0.4, 0.5) is 0 Å². The molecule has 19 nitrogen and oxygen atoms in total. The van der Waals surface area contributed by atoms with Gasteiger partial charge in [0.25, 0.3) is 0 Å². The fourth-order valence-corrected chi connectivity index (χ4v) is 5.50. The van der Waals surface area contributed by atoms with Crippen LogP contribution in [0.15, 0.2) is 0 Å². The first-order valence-electron chi connectivity index (χ1n) is 25.2. The summed E-state index contributed by atoms with van der Waals surface area (Å²) in [7, 11) is 6.17. The number of quaternary nitrogens is 1. The van der Waals surface area contributed by atoms with Crippen molar-refractivity contribution in [2.24, 2.45) is 11.5 Å². The molecular formula is C49H102N7O12+. The fourth-order valence-electron chi connectivity index (χ4n) is 5.50. The van der Waals surface area contributed by atoms with E-state index < -0.39 is 5.97 Å². The predicted octanol–water partition coefficient (Wildman–Crippen LogP) is 4.80. The molecule has 1 atom stereocenters. The first-order valence-corrected chi connectivity index (χ1v) is 25.2. The minimum Gasteiger partial charge on any atom is -0.481 e. The van der Waals surface area contributed by atoms with Gasteiger partial charge < -0.3 is 61.3 Å². The molecule has 0 aromatic rings. The van der Waals surface area contributed by atoms with Crippen molar-refractivity contribution in [2.45, 2.75) is 176 Å². The smallest absolute Gasteiger partial charge is 0.303 e. The van der Waals surface area contributed by atoms with Crippen LogP contribution < -0.4 is 32.7 Å². The molecule has 0 fully saturated rings. The summed E-state index contributed by atoms with van der Waals surface area (Å²) in [4.78, 5) is 75.5. The van der Waals surface area contributed by atoms with Gasteiger partial charge in [0.05, 0.1) is 79.8 Å².